The van der Waals surface area contributed by atoms with Crippen LogP contribution in [0.2, 0.25) is 0 Å². The highest BCUT2D eigenvalue weighted by Gasteiger charge is 2.23. The fourth-order valence-corrected chi connectivity index (χ4v) is 2.25. The van der Waals surface area contributed by atoms with E-state index in [1.54, 1.807) is 12.1 Å². The molecule has 0 unspecified atom stereocenters. The molecule has 1 aromatic rings. The van der Waals surface area contributed by atoms with Crippen LogP contribution in [0, 0.1) is 11.2 Å². The highest BCUT2D eigenvalue weighted by atomic mass is 19.1. The summed E-state index contributed by atoms with van der Waals surface area (Å²) < 4.78 is 12.8. The Labute approximate surface area is 114 Å². The van der Waals surface area contributed by atoms with E-state index in [1.807, 2.05) is 20.9 Å². The Balaban J connectivity index is 2.41. The van der Waals surface area contributed by atoms with Gasteiger partial charge in [0, 0.05) is 13.1 Å². The topological polar surface area (TPSA) is 40.5 Å². The Morgan fingerprint density at radius 3 is 2.42 bits per heavy atom. The lowest BCUT2D eigenvalue weighted by Crippen LogP contribution is -2.34. The van der Waals surface area contributed by atoms with Crippen molar-refractivity contribution >= 4 is 5.97 Å². The van der Waals surface area contributed by atoms with Crippen LogP contribution in [0.4, 0.5) is 4.39 Å². The number of halogens is 1. The molecule has 19 heavy (non-hydrogen) atoms. The van der Waals surface area contributed by atoms with Gasteiger partial charge in [-0.05, 0) is 36.6 Å². The zero-order valence-electron chi connectivity index (χ0n) is 11.8. The molecule has 3 nitrogen and oxygen atoms in total. The van der Waals surface area contributed by atoms with Crippen molar-refractivity contribution in [2.75, 3.05) is 20.1 Å². The predicted octanol–water partition coefficient (Wildman–Crippen LogP) is 2.80. The largest absolute Gasteiger partial charge is 0.481 e. The molecule has 1 rings (SSSR count). The van der Waals surface area contributed by atoms with E-state index in [1.165, 1.54) is 12.1 Å². The number of aliphatic carboxylic acids is 1. The molecule has 1 N–H and O–H groups in total. The molecule has 4 heteroatoms. The molecule has 0 aliphatic carbocycles. The molecular weight excluding hydrogens is 245 g/mol. The zero-order chi connectivity index (χ0) is 14.5. The summed E-state index contributed by atoms with van der Waals surface area (Å²) in [5.41, 5.74) is 0.841. The first kappa shape index (κ1) is 15.6. The molecule has 0 saturated heterocycles. The molecule has 0 fully saturated rings. The van der Waals surface area contributed by atoms with Crippen molar-refractivity contribution in [2.45, 2.75) is 26.7 Å². The van der Waals surface area contributed by atoms with E-state index in [0.717, 1.165) is 25.1 Å². The third kappa shape index (κ3) is 6.34. The summed E-state index contributed by atoms with van der Waals surface area (Å²) in [7, 11) is 1.98. The third-order valence-corrected chi connectivity index (χ3v) is 3.02. The highest BCUT2D eigenvalue weighted by molar-refractivity contribution is 5.67. The van der Waals surface area contributed by atoms with E-state index in [0.29, 0.717) is 0 Å². The smallest absolute Gasteiger partial charge is 0.303 e. The summed E-state index contributed by atoms with van der Waals surface area (Å²) in [5, 5.41) is 8.84. The number of rotatable bonds is 7. The molecule has 0 amide bonds. The van der Waals surface area contributed by atoms with Crippen LogP contribution in [0.25, 0.3) is 0 Å². The summed E-state index contributed by atoms with van der Waals surface area (Å²) in [4.78, 5) is 12.9. The van der Waals surface area contributed by atoms with Gasteiger partial charge in [-0.25, -0.2) is 4.39 Å². The molecule has 0 atom stereocenters. The Morgan fingerprint density at radius 2 is 1.89 bits per heavy atom. The number of hydrogen-bond acceptors (Lipinski definition) is 2. The summed E-state index contributed by atoms with van der Waals surface area (Å²) >= 11 is 0. The summed E-state index contributed by atoms with van der Waals surface area (Å²) in [5.74, 6) is -0.989. The van der Waals surface area contributed by atoms with Gasteiger partial charge < -0.3 is 10.0 Å². The lowest BCUT2D eigenvalue weighted by Gasteiger charge is -2.29. The number of benzene rings is 1. The van der Waals surface area contributed by atoms with E-state index in [-0.39, 0.29) is 17.7 Å². The molecule has 0 spiro atoms. The number of carboxylic acid groups (broad SMARTS) is 1. The SMILES string of the molecule is CN(CCc1ccc(F)cc1)CC(C)(C)CC(=O)O. The second-order valence-corrected chi connectivity index (χ2v) is 5.85. The van der Waals surface area contributed by atoms with Gasteiger partial charge in [0.1, 0.15) is 5.82 Å². The standard InChI is InChI=1S/C15H22FNO2/c1-15(2,10-14(18)19)11-17(3)9-8-12-4-6-13(16)7-5-12/h4-7H,8-11H2,1-3H3,(H,18,19). The highest BCUT2D eigenvalue weighted by Crippen LogP contribution is 2.21. The molecule has 1 aromatic carbocycles. The van der Waals surface area contributed by atoms with Crippen LogP contribution in [-0.2, 0) is 11.2 Å². The molecule has 106 valence electrons. The van der Waals surface area contributed by atoms with E-state index in [4.69, 9.17) is 5.11 Å². The number of hydrogen-bond donors (Lipinski definition) is 1. The number of likely N-dealkylation sites (N-methyl/N-ethyl adjacent to an activating group) is 1. The molecule has 0 heterocycles. The lowest BCUT2D eigenvalue weighted by molar-refractivity contribution is -0.139. The van der Waals surface area contributed by atoms with Crippen molar-refractivity contribution in [1.29, 1.82) is 0 Å². The van der Waals surface area contributed by atoms with Gasteiger partial charge in [-0.15, -0.1) is 0 Å². The average molecular weight is 267 g/mol. The Morgan fingerprint density at radius 1 is 1.32 bits per heavy atom. The van der Waals surface area contributed by atoms with Crippen LogP contribution < -0.4 is 0 Å². The van der Waals surface area contributed by atoms with Gasteiger partial charge in [0.05, 0.1) is 6.42 Å². The van der Waals surface area contributed by atoms with Crippen LogP contribution in [0.1, 0.15) is 25.8 Å². The van der Waals surface area contributed by atoms with Gasteiger partial charge in [0.15, 0.2) is 0 Å². The van der Waals surface area contributed by atoms with Crippen LogP contribution in [0.5, 0.6) is 0 Å². The quantitative estimate of drug-likeness (QED) is 0.826. The van der Waals surface area contributed by atoms with Crippen LogP contribution in [0.3, 0.4) is 0 Å². The predicted molar refractivity (Wildman–Crippen MR) is 73.6 cm³/mol. The molecule has 0 aliphatic rings. The van der Waals surface area contributed by atoms with Crippen LogP contribution in [0.15, 0.2) is 24.3 Å². The van der Waals surface area contributed by atoms with Gasteiger partial charge >= 0.3 is 5.97 Å². The second kappa shape index (κ2) is 6.66. The van der Waals surface area contributed by atoms with Crippen molar-refractivity contribution in [1.82, 2.24) is 4.90 Å². The van der Waals surface area contributed by atoms with E-state index in [9.17, 15) is 9.18 Å². The maximum absolute atomic E-state index is 12.8. The van der Waals surface area contributed by atoms with E-state index in [2.05, 4.69) is 4.90 Å². The minimum absolute atomic E-state index is 0.161. The Kier molecular flexibility index (Phi) is 5.48. The molecule has 0 bridgehead atoms. The van der Waals surface area contributed by atoms with Crippen LogP contribution in [-0.4, -0.2) is 36.1 Å². The monoisotopic (exact) mass is 267 g/mol. The average Bonchev–Trinajstić information content (AvgIpc) is 2.25. The first-order valence-electron chi connectivity index (χ1n) is 6.43. The van der Waals surface area contributed by atoms with Crippen molar-refractivity contribution < 1.29 is 14.3 Å². The minimum Gasteiger partial charge on any atom is -0.481 e. The van der Waals surface area contributed by atoms with E-state index < -0.39 is 5.97 Å². The second-order valence-electron chi connectivity index (χ2n) is 5.85. The Hall–Kier alpha value is -1.42. The first-order chi connectivity index (χ1) is 8.78. The number of nitrogens with zero attached hydrogens (tertiary/aromatic N) is 1. The fraction of sp³-hybridized carbons (Fsp3) is 0.533. The van der Waals surface area contributed by atoms with E-state index >= 15 is 0 Å². The van der Waals surface area contributed by atoms with Crippen LogP contribution >= 0.6 is 0 Å². The fourth-order valence-electron chi connectivity index (χ4n) is 2.25. The van der Waals surface area contributed by atoms with Gasteiger partial charge in [0.25, 0.3) is 0 Å². The van der Waals surface area contributed by atoms with Gasteiger partial charge in [-0.2, -0.15) is 0 Å². The Bertz CT molecular complexity index is 415. The maximum Gasteiger partial charge on any atom is 0.303 e. The first-order valence-corrected chi connectivity index (χ1v) is 6.43. The summed E-state index contributed by atoms with van der Waals surface area (Å²) in [6.45, 7) is 5.46. The van der Waals surface area contributed by atoms with Gasteiger partial charge in [-0.3, -0.25) is 4.79 Å². The summed E-state index contributed by atoms with van der Waals surface area (Å²) in [6, 6.07) is 6.49. The molecular formula is C15H22FNO2. The van der Waals surface area contributed by atoms with Crippen molar-refractivity contribution in [3.63, 3.8) is 0 Å². The van der Waals surface area contributed by atoms with Gasteiger partial charge in [-0.1, -0.05) is 26.0 Å². The minimum atomic E-state index is -0.767. The lowest BCUT2D eigenvalue weighted by atomic mass is 9.89. The summed E-state index contributed by atoms with van der Waals surface area (Å²) in [6.07, 6.45) is 0.994. The molecule has 0 aromatic heterocycles. The normalized spacial score (nSPS) is 11.8. The van der Waals surface area contributed by atoms with Crippen molar-refractivity contribution in [3.05, 3.63) is 35.6 Å². The maximum atomic E-state index is 12.8. The number of carbonyl (C=O) groups is 1. The third-order valence-electron chi connectivity index (χ3n) is 3.02. The number of carboxylic acids is 1. The van der Waals surface area contributed by atoms with Gasteiger partial charge in [0.2, 0.25) is 0 Å². The van der Waals surface area contributed by atoms with Crippen molar-refractivity contribution in [3.8, 4) is 0 Å². The zero-order valence-corrected chi connectivity index (χ0v) is 11.8. The van der Waals surface area contributed by atoms with Crippen molar-refractivity contribution in [2.24, 2.45) is 5.41 Å². The molecule has 0 aliphatic heterocycles. The molecule has 0 radical (unpaired) electrons. The molecule has 0 saturated carbocycles.